The Labute approximate surface area is 106 Å². The van der Waals surface area contributed by atoms with Crippen molar-refractivity contribution in [1.82, 2.24) is 10.2 Å². The Kier molecular flexibility index (Phi) is 2.49. The van der Waals surface area contributed by atoms with E-state index in [4.69, 9.17) is 0 Å². The van der Waals surface area contributed by atoms with Crippen LogP contribution in [0.2, 0.25) is 0 Å². The lowest BCUT2D eigenvalue weighted by atomic mass is 10.1. The van der Waals surface area contributed by atoms with Crippen LogP contribution in [-0.4, -0.2) is 15.1 Å². The van der Waals surface area contributed by atoms with Crippen LogP contribution >= 0.6 is 0 Å². The molecule has 0 aliphatic rings. The molecular formula is C13H8FN3O2. The number of aromatic nitrogens is 2. The predicted octanol–water partition coefficient (Wildman–Crippen LogP) is 3.28. The zero-order chi connectivity index (χ0) is 13.4. The molecule has 2 aromatic carbocycles. The van der Waals surface area contributed by atoms with E-state index in [1.165, 1.54) is 18.2 Å². The lowest BCUT2D eigenvalue weighted by Gasteiger charge is -1.99. The molecule has 0 saturated carbocycles. The average molecular weight is 257 g/mol. The number of fused-ring (bicyclic) bond motifs is 1. The van der Waals surface area contributed by atoms with Crippen molar-refractivity contribution in [2.45, 2.75) is 0 Å². The van der Waals surface area contributed by atoms with E-state index in [0.717, 1.165) is 0 Å². The molecule has 0 unspecified atom stereocenters. The summed E-state index contributed by atoms with van der Waals surface area (Å²) in [6.45, 7) is 0. The summed E-state index contributed by atoms with van der Waals surface area (Å²) in [5, 5.41) is 18.4. The van der Waals surface area contributed by atoms with E-state index in [1.807, 2.05) is 0 Å². The number of nitro groups is 1. The first-order valence-corrected chi connectivity index (χ1v) is 5.54. The Hall–Kier alpha value is -2.76. The molecular weight excluding hydrogens is 249 g/mol. The van der Waals surface area contributed by atoms with Crippen molar-refractivity contribution < 1.29 is 9.31 Å². The summed E-state index contributed by atoms with van der Waals surface area (Å²) in [7, 11) is 0. The molecule has 0 aliphatic carbocycles. The topological polar surface area (TPSA) is 71.8 Å². The van der Waals surface area contributed by atoms with E-state index >= 15 is 0 Å². The number of benzene rings is 2. The van der Waals surface area contributed by atoms with Gasteiger partial charge >= 0.3 is 0 Å². The van der Waals surface area contributed by atoms with Crippen LogP contribution in [0.5, 0.6) is 0 Å². The summed E-state index contributed by atoms with van der Waals surface area (Å²) < 4.78 is 13.1. The third-order valence-corrected chi connectivity index (χ3v) is 2.88. The number of hydrogen-bond acceptors (Lipinski definition) is 3. The fourth-order valence-electron chi connectivity index (χ4n) is 2.03. The second kappa shape index (κ2) is 4.16. The minimum absolute atomic E-state index is 0.0276. The zero-order valence-corrected chi connectivity index (χ0v) is 9.63. The maximum absolute atomic E-state index is 13.1. The summed E-state index contributed by atoms with van der Waals surface area (Å²) in [5.74, 6) is -0.384. The number of para-hydroxylation sites is 1. The molecule has 94 valence electrons. The van der Waals surface area contributed by atoms with Gasteiger partial charge in [-0.25, -0.2) is 4.39 Å². The van der Waals surface area contributed by atoms with E-state index in [2.05, 4.69) is 10.2 Å². The van der Waals surface area contributed by atoms with Gasteiger partial charge < -0.3 is 0 Å². The standard InChI is InChI=1S/C13H8FN3O2/c14-8-5-6-9-11(7-8)15-16-13(9)10-3-1-2-4-12(10)17(18)19/h1-7H,(H,15,16). The van der Waals surface area contributed by atoms with Crippen LogP contribution in [0.15, 0.2) is 42.5 Å². The molecule has 6 heteroatoms. The number of nitro benzene ring substituents is 1. The van der Waals surface area contributed by atoms with Crippen LogP contribution in [0.3, 0.4) is 0 Å². The highest BCUT2D eigenvalue weighted by atomic mass is 19.1. The van der Waals surface area contributed by atoms with Gasteiger partial charge in [-0.15, -0.1) is 0 Å². The fourth-order valence-corrected chi connectivity index (χ4v) is 2.03. The van der Waals surface area contributed by atoms with E-state index in [0.29, 0.717) is 22.2 Å². The van der Waals surface area contributed by atoms with Gasteiger partial charge in [0, 0.05) is 11.5 Å². The van der Waals surface area contributed by atoms with Gasteiger partial charge in [0.25, 0.3) is 5.69 Å². The number of nitrogens with one attached hydrogen (secondary N) is 1. The van der Waals surface area contributed by atoms with Crippen molar-refractivity contribution in [3.05, 3.63) is 58.4 Å². The van der Waals surface area contributed by atoms with Crippen LogP contribution in [0, 0.1) is 15.9 Å². The van der Waals surface area contributed by atoms with Gasteiger partial charge in [0.05, 0.1) is 16.0 Å². The fraction of sp³-hybridized carbons (Fsp3) is 0. The summed E-state index contributed by atoms with van der Waals surface area (Å²) in [5.41, 5.74) is 1.33. The number of hydrogen-bond donors (Lipinski definition) is 1. The highest BCUT2D eigenvalue weighted by Gasteiger charge is 2.18. The van der Waals surface area contributed by atoms with E-state index in [1.54, 1.807) is 24.3 Å². The van der Waals surface area contributed by atoms with Crippen molar-refractivity contribution in [2.24, 2.45) is 0 Å². The Morgan fingerprint density at radius 2 is 2.00 bits per heavy atom. The van der Waals surface area contributed by atoms with Crippen molar-refractivity contribution in [3.8, 4) is 11.3 Å². The monoisotopic (exact) mass is 257 g/mol. The highest BCUT2D eigenvalue weighted by molar-refractivity contribution is 5.95. The molecule has 1 heterocycles. The second-order valence-corrected chi connectivity index (χ2v) is 4.04. The van der Waals surface area contributed by atoms with Gasteiger partial charge in [-0.2, -0.15) is 5.10 Å². The molecule has 0 saturated heterocycles. The first-order valence-electron chi connectivity index (χ1n) is 5.54. The Bertz CT molecular complexity index is 782. The molecule has 0 radical (unpaired) electrons. The maximum atomic E-state index is 13.1. The van der Waals surface area contributed by atoms with Crippen molar-refractivity contribution in [2.75, 3.05) is 0 Å². The highest BCUT2D eigenvalue weighted by Crippen LogP contribution is 2.32. The van der Waals surface area contributed by atoms with Crippen molar-refractivity contribution in [3.63, 3.8) is 0 Å². The molecule has 19 heavy (non-hydrogen) atoms. The summed E-state index contributed by atoms with van der Waals surface area (Å²) in [6.07, 6.45) is 0. The van der Waals surface area contributed by atoms with Crippen LogP contribution in [-0.2, 0) is 0 Å². The molecule has 0 bridgehead atoms. The molecule has 3 aromatic rings. The molecule has 1 N–H and O–H groups in total. The summed E-state index contributed by atoms with van der Waals surface area (Å²) >= 11 is 0. The van der Waals surface area contributed by atoms with Crippen molar-refractivity contribution in [1.29, 1.82) is 0 Å². The SMILES string of the molecule is O=[N+]([O-])c1ccccc1-c1n[nH]c2cc(F)ccc12. The van der Waals surface area contributed by atoms with Gasteiger partial charge in [-0.1, -0.05) is 12.1 Å². The summed E-state index contributed by atoms with van der Waals surface area (Å²) in [4.78, 5) is 10.6. The first kappa shape index (κ1) is 11.3. The molecule has 0 fully saturated rings. The second-order valence-electron chi connectivity index (χ2n) is 4.04. The third-order valence-electron chi connectivity index (χ3n) is 2.88. The zero-order valence-electron chi connectivity index (χ0n) is 9.63. The van der Waals surface area contributed by atoms with E-state index in [9.17, 15) is 14.5 Å². The first-order chi connectivity index (χ1) is 9.16. The van der Waals surface area contributed by atoms with Gasteiger partial charge in [0.1, 0.15) is 11.5 Å². The van der Waals surface area contributed by atoms with Gasteiger partial charge in [0.2, 0.25) is 0 Å². The number of H-pyrrole nitrogens is 1. The molecule has 5 nitrogen and oxygen atoms in total. The van der Waals surface area contributed by atoms with Gasteiger partial charge in [0.15, 0.2) is 0 Å². The quantitative estimate of drug-likeness (QED) is 0.565. The molecule has 3 rings (SSSR count). The molecule has 0 aliphatic heterocycles. The largest absolute Gasteiger partial charge is 0.278 e. The van der Waals surface area contributed by atoms with Crippen LogP contribution < -0.4 is 0 Å². The summed E-state index contributed by atoms with van der Waals surface area (Å²) in [6, 6.07) is 10.5. The molecule has 0 spiro atoms. The Balaban J connectivity index is 2.28. The van der Waals surface area contributed by atoms with Crippen LogP contribution in [0.25, 0.3) is 22.2 Å². The lowest BCUT2D eigenvalue weighted by Crippen LogP contribution is -1.91. The van der Waals surface area contributed by atoms with Gasteiger partial charge in [-0.05, 0) is 24.3 Å². The third kappa shape index (κ3) is 1.83. The minimum Gasteiger partial charge on any atom is -0.277 e. The normalized spacial score (nSPS) is 10.8. The average Bonchev–Trinajstić information content (AvgIpc) is 2.81. The number of rotatable bonds is 2. The van der Waals surface area contributed by atoms with Crippen molar-refractivity contribution >= 4 is 16.6 Å². The lowest BCUT2D eigenvalue weighted by molar-refractivity contribution is -0.384. The van der Waals surface area contributed by atoms with Gasteiger partial charge in [-0.3, -0.25) is 15.2 Å². The maximum Gasteiger partial charge on any atom is 0.278 e. The predicted molar refractivity (Wildman–Crippen MR) is 68.1 cm³/mol. The molecule has 1 aromatic heterocycles. The molecule has 0 amide bonds. The Morgan fingerprint density at radius 1 is 1.21 bits per heavy atom. The van der Waals surface area contributed by atoms with E-state index in [-0.39, 0.29) is 11.5 Å². The number of halogens is 1. The van der Waals surface area contributed by atoms with Crippen LogP contribution in [0.1, 0.15) is 0 Å². The number of nitrogens with zero attached hydrogens (tertiary/aromatic N) is 2. The smallest absolute Gasteiger partial charge is 0.277 e. The Morgan fingerprint density at radius 3 is 2.79 bits per heavy atom. The van der Waals surface area contributed by atoms with Crippen LogP contribution in [0.4, 0.5) is 10.1 Å². The molecule has 0 atom stereocenters. The van der Waals surface area contributed by atoms with E-state index < -0.39 is 4.92 Å². The number of aromatic amines is 1. The minimum atomic E-state index is -0.459.